The van der Waals surface area contributed by atoms with Crippen molar-refractivity contribution in [3.8, 4) is 0 Å². The summed E-state index contributed by atoms with van der Waals surface area (Å²) in [6.45, 7) is 4.19. The molecule has 9 heteroatoms. The molecular formula is C18H25N3O5S. The van der Waals surface area contributed by atoms with Crippen LogP contribution in [-0.2, 0) is 24.3 Å². The number of amides is 2. The van der Waals surface area contributed by atoms with Crippen LogP contribution in [0.15, 0.2) is 23.1 Å². The van der Waals surface area contributed by atoms with Crippen LogP contribution in [0.3, 0.4) is 0 Å². The fourth-order valence-electron chi connectivity index (χ4n) is 2.95. The molecule has 1 aliphatic carbocycles. The summed E-state index contributed by atoms with van der Waals surface area (Å²) in [5.41, 5.74) is 1.50. The highest BCUT2D eigenvalue weighted by Crippen LogP contribution is 2.25. The first-order valence-corrected chi connectivity index (χ1v) is 10.5. The molecule has 1 heterocycles. The van der Waals surface area contributed by atoms with E-state index in [9.17, 15) is 18.0 Å². The van der Waals surface area contributed by atoms with Gasteiger partial charge in [-0.3, -0.25) is 9.59 Å². The lowest BCUT2D eigenvalue weighted by Crippen LogP contribution is -2.53. The van der Waals surface area contributed by atoms with Gasteiger partial charge in [0.1, 0.15) is 6.23 Å². The van der Waals surface area contributed by atoms with E-state index in [0.29, 0.717) is 25.1 Å². The quantitative estimate of drug-likeness (QED) is 0.704. The summed E-state index contributed by atoms with van der Waals surface area (Å²) in [4.78, 5) is 23.9. The number of ether oxygens (including phenoxy) is 1. The van der Waals surface area contributed by atoms with Gasteiger partial charge in [-0.2, -0.15) is 4.31 Å². The van der Waals surface area contributed by atoms with Crippen LogP contribution >= 0.6 is 0 Å². The molecule has 0 radical (unpaired) electrons. The summed E-state index contributed by atoms with van der Waals surface area (Å²) in [6.07, 6.45) is 1.48. The van der Waals surface area contributed by atoms with Gasteiger partial charge in [0, 0.05) is 12.6 Å². The molecule has 2 aliphatic rings. The van der Waals surface area contributed by atoms with Crippen molar-refractivity contribution in [2.24, 2.45) is 0 Å². The van der Waals surface area contributed by atoms with E-state index in [1.807, 2.05) is 13.0 Å². The van der Waals surface area contributed by atoms with Gasteiger partial charge in [-0.05, 0) is 50.3 Å². The Balaban J connectivity index is 1.71. The molecule has 1 aromatic carbocycles. The van der Waals surface area contributed by atoms with Crippen LogP contribution in [0.2, 0.25) is 0 Å². The van der Waals surface area contributed by atoms with Crippen molar-refractivity contribution in [3.05, 3.63) is 29.3 Å². The molecule has 27 heavy (non-hydrogen) atoms. The van der Waals surface area contributed by atoms with Crippen molar-refractivity contribution in [2.75, 3.05) is 19.7 Å². The molecule has 1 aliphatic heterocycles. The zero-order valence-corrected chi connectivity index (χ0v) is 16.3. The number of sulfonamides is 1. The van der Waals surface area contributed by atoms with Gasteiger partial charge < -0.3 is 15.4 Å². The minimum absolute atomic E-state index is 0.0790. The maximum atomic E-state index is 13.2. The maximum absolute atomic E-state index is 13.2. The van der Waals surface area contributed by atoms with E-state index >= 15 is 0 Å². The van der Waals surface area contributed by atoms with E-state index in [0.717, 1.165) is 18.4 Å². The molecule has 148 valence electrons. The molecule has 1 aromatic rings. The number of rotatable bonds is 5. The molecule has 0 bridgehead atoms. The summed E-state index contributed by atoms with van der Waals surface area (Å²) >= 11 is 0. The van der Waals surface area contributed by atoms with Gasteiger partial charge in [-0.25, -0.2) is 8.42 Å². The first-order valence-electron chi connectivity index (χ1n) is 9.08. The second kappa shape index (κ2) is 7.95. The molecule has 1 atom stereocenters. The van der Waals surface area contributed by atoms with Gasteiger partial charge in [-0.15, -0.1) is 0 Å². The predicted molar refractivity (Wildman–Crippen MR) is 98.3 cm³/mol. The van der Waals surface area contributed by atoms with Crippen LogP contribution in [-0.4, -0.2) is 56.5 Å². The number of nitrogens with one attached hydrogen (secondary N) is 2. The monoisotopic (exact) mass is 395 g/mol. The summed E-state index contributed by atoms with van der Waals surface area (Å²) in [5.74, 6) is -1.47. The number of nitrogens with zero attached hydrogens (tertiary/aromatic N) is 1. The topological polar surface area (TPSA) is 105 Å². The minimum Gasteiger partial charge on any atom is -0.360 e. The molecule has 0 aromatic heterocycles. The van der Waals surface area contributed by atoms with E-state index in [2.05, 4.69) is 10.6 Å². The van der Waals surface area contributed by atoms with Gasteiger partial charge >= 0.3 is 11.8 Å². The lowest BCUT2D eigenvalue weighted by Gasteiger charge is -2.35. The largest absolute Gasteiger partial charge is 0.360 e. The third-order valence-electron chi connectivity index (χ3n) is 4.64. The normalized spacial score (nSPS) is 20.9. The van der Waals surface area contributed by atoms with E-state index in [-0.39, 0.29) is 17.5 Å². The Morgan fingerprint density at radius 1 is 1.22 bits per heavy atom. The third-order valence-corrected chi connectivity index (χ3v) is 6.67. The molecule has 3 rings (SSSR count). The standard InChI is InChI=1S/C18H25N3O5S/c1-12-4-5-13(2)15(10-12)27(24,25)21-8-3-9-26-16(21)11-19-17(22)18(23)20-14-6-7-14/h4-5,10,14,16H,3,6-9,11H2,1-2H3,(H,19,22)(H,20,23)/t16-/m1/s1. The molecule has 0 spiro atoms. The SMILES string of the molecule is Cc1ccc(C)c(S(=O)(=O)N2CCCO[C@@H]2CNC(=O)C(=O)NC2CC2)c1. The molecule has 2 fully saturated rings. The number of aryl methyl sites for hydroxylation is 2. The molecule has 2 amide bonds. The van der Waals surface area contributed by atoms with Crippen molar-refractivity contribution in [3.63, 3.8) is 0 Å². The van der Waals surface area contributed by atoms with Gasteiger partial charge in [-0.1, -0.05) is 12.1 Å². The number of hydrogen-bond donors (Lipinski definition) is 2. The van der Waals surface area contributed by atoms with Gasteiger partial charge in [0.15, 0.2) is 0 Å². The molecule has 8 nitrogen and oxygen atoms in total. The number of carbonyl (C=O) groups is 2. The Morgan fingerprint density at radius 3 is 2.67 bits per heavy atom. The van der Waals surface area contributed by atoms with E-state index in [1.165, 1.54) is 4.31 Å². The van der Waals surface area contributed by atoms with Gasteiger partial charge in [0.05, 0.1) is 18.0 Å². The average Bonchev–Trinajstić information content (AvgIpc) is 3.45. The Labute approximate surface area is 159 Å². The zero-order valence-electron chi connectivity index (χ0n) is 15.5. The molecule has 1 saturated heterocycles. The highest BCUT2D eigenvalue weighted by molar-refractivity contribution is 7.89. The summed E-state index contributed by atoms with van der Waals surface area (Å²) in [5, 5.41) is 5.08. The van der Waals surface area contributed by atoms with Crippen molar-refractivity contribution in [2.45, 2.75) is 50.3 Å². The fraction of sp³-hybridized carbons (Fsp3) is 0.556. The lowest BCUT2D eigenvalue weighted by atomic mass is 10.2. The summed E-state index contributed by atoms with van der Waals surface area (Å²) in [7, 11) is -3.79. The van der Waals surface area contributed by atoms with Crippen LogP contribution in [0.4, 0.5) is 0 Å². The van der Waals surface area contributed by atoms with Crippen molar-refractivity contribution in [1.82, 2.24) is 14.9 Å². The fourth-order valence-corrected chi connectivity index (χ4v) is 4.83. The summed E-state index contributed by atoms with van der Waals surface area (Å²) < 4.78 is 33.2. The second-order valence-electron chi connectivity index (χ2n) is 7.02. The van der Waals surface area contributed by atoms with Crippen molar-refractivity contribution >= 4 is 21.8 Å². The lowest BCUT2D eigenvalue weighted by molar-refractivity contribution is -0.140. The Morgan fingerprint density at radius 2 is 1.96 bits per heavy atom. The Hall–Kier alpha value is -1.97. The average molecular weight is 395 g/mol. The number of benzene rings is 1. The maximum Gasteiger partial charge on any atom is 0.309 e. The first kappa shape index (κ1) is 19.8. The highest BCUT2D eigenvalue weighted by atomic mass is 32.2. The molecule has 1 saturated carbocycles. The molecular weight excluding hydrogens is 370 g/mol. The van der Waals surface area contributed by atoms with Crippen LogP contribution in [0, 0.1) is 13.8 Å². The van der Waals surface area contributed by atoms with E-state index in [4.69, 9.17) is 4.74 Å². The zero-order chi connectivity index (χ0) is 19.6. The third kappa shape index (κ3) is 4.66. The number of carbonyl (C=O) groups excluding carboxylic acids is 2. The van der Waals surface area contributed by atoms with Crippen LogP contribution < -0.4 is 10.6 Å². The van der Waals surface area contributed by atoms with Gasteiger partial charge in [0.25, 0.3) is 0 Å². The number of hydrogen-bond acceptors (Lipinski definition) is 5. The van der Waals surface area contributed by atoms with Crippen LogP contribution in [0.5, 0.6) is 0 Å². The van der Waals surface area contributed by atoms with Crippen LogP contribution in [0.1, 0.15) is 30.4 Å². The second-order valence-corrected chi connectivity index (χ2v) is 8.88. The van der Waals surface area contributed by atoms with Crippen LogP contribution in [0.25, 0.3) is 0 Å². The van der Waals surface area contributed by atoms with E-state index < -0.39 is 28.1 Å². The van der Waals surface area contributed by atoms with Crippen molar-refractivity contribution < 1.29 is 22.7 Å². The minimum atomic E-state index is -3.79. The Kier molecular flexibility index (Phi) is 5.83. The first-order chi connectivity index (χ1) is 12.8. The highest BCUT2D eigenvalue weighted by Gasteiger charge is 2.36. The van der Waals surface area contributed by atoms with Crippen molar-refractivity contribution in [1.29, 1.82) is 0 Å². The van der Waals surface area contributed by atoms with E-state index in [1.54, 1.807) is 19.1 Å². The molecule has 2 N–H and O–H groups in total. The Bertz CT molecular complexity index is 835. The smallest absolute Gasteiger partial charge is 0.309 e. The molecule has 0 unspecified atom stereocenters. The predicted octanol–water partition coefficient (Wildman–Crippen LogP) is 0.435. The summed E-state index contributed by atoms with van der Waals surface area (Å²) in [6, 6.07) is 5.34. The van der Waals surface area contributed by atoms with Gasteiger partial charge in [0.2, 0.25) is 10.0 Å².